The summed E-state index contributed by atoms with van der Waals surface area (Å²) >= 11 is 0. The second-order valence-corrected chi connectivity index (χ2v) is 5.67. The van der Waals surface area contributed by atoms with Crippen molar-refractivity contribution in [2.45, 2.75) is 38.3 Å². The number of methoxy groups -OCH3 is 1. The van der Waals surface area contributed by atoms with Gasteiger partial charge in [0, 0.05) is 25.6 Å². The first-order valence-corrected chi connectivity index (χ1v) is 7.23. The molecule has 5 heteroatoms. The summed E-state index contributed by atoms with van der Waals surface area (Å²) in [7, 11) is 3.51. The number of rotatable bonds is 4. The van der Waals surface area contributed by atoms with E-state index in [9.17, 15) is 4.79 Å². The van der Waals surface area contributed by atoms with Crippen LogP contribution in [0.15, 0.2) is 24.3 Å². The van der Waals surface area contributed by atoms with Gasteiger partial charge in [0.25, 0.3) is 0 Å². The molecule has 21 heavy (non-hydrogen) atoms. The summed E-state index contributed by atoms with van der Waals surface area (Å²) in [4.78, 5) is 14.2. The number of nitrogens with zero attached hydrogens (tertiary/aromatic N) is 1. The van der Waals surface area contributed by atoms with Crippen LogP contribution in [0.1, 0.15) is 31.2 Å². The fourth-order valence-electron chi connectivity index (χ4n) is 2.89. The summed E-state index contributed by atoms with van der Waals surface area (Å²) in [5.74, 6) is 1.13. The minimum absolute atomic E-state index is 0. The van der Waals surface area contributed by atoms with E-state index in [4.69, 9.17) is 10.5 Å². The first-order valence-electron chi connectivity index (χ1n) is 7.23. The highest BCUT2D eigenvalue weighted by Crippen LogP contribution is 2.25. The Kier molecular flexibility index (Phi) is 6.99. The fraction of sp³-hybridized carbons (Fsp3) is 0.562. The molecule has 118 valence electrons. The van der Waals surface area contributed by atoms with Gasteiger partial charge in [-0.3, -0.25) is 4.79 Å². The molecule has 2 N–H and O–H groups in total. The largest absolute Gasteiger partial charge is 0.497 e. The van der Waals surface area contributed by atoms with Crippen molar-refractivity contribution in [2.75, 3.05) is 14.2 Å². The summed E-state index contributed by atoms with van der Waals surface area (Å²) in [6.07, 6.45) is 3.89. The van der Waals surface area contributed by atoms with Gasteiger partial charge in [0.05, 0.1) is 7.11 Å². The van der Waals surface area contributed by atoms with E-state index in [1.807, 2.05) is 31.3 Å². The number of nitrogens with two attached hydrogens (primary N) is 1. The Morgan fingerprint density at radius 3 is 2.86 bits per heavy atom. The lowest BCUT2D eigenvalue weighted by molar-refractivity contribution is -0.135. The topological polar surface area (TPSA) is 55.6 Å². The number of amides is 1. The molecule has 2 atom stereocenters. The van der Waals surface area contributed by atoms with Gasteiger partial charge >= 0.3 is 0 Å². The van der Waals surface area contributed by atoms with Crippen molar-refractivity contribution in [3.63, 3.8) is 0 Å². The summed E-state index contributed by atoms with van der Waals surface area (Å²) in [6, 6.07) is 8.02. The normalized spacial score (nSPS) is 21.3. The smallest absolute Gasteiger partial charge is 0.225 e. The summed E-state index contributed by atoms with van der Waals surface area (Å²) < 4.78 is 5.21. The molecule has 2 rings (SSSR count). The quantitative estimate of drug-likeness (QED) is 0.929. The Morgan fingerprint density at radius 2 is 2.19 bits per heavy atom. The molecule has 1 amide bonds. The minimum Gasteiger partial charge on any atom is -0.497 e. The van der Waals surface area contributed by atoms with Crippen molar-refractivity contribution in [1.82, 2.24) is 4.90 Å². The number of carbonyl (C=O) groups excluding carboxylic acids is 1. The van der Waals surface area contributed by atoms with E-state index in [0.717, 1.165) is 37.0 Å². The molecule has 0 aliphatic heterocycles. The second kappa shape index (κ2) is 8.25. The van der Waals surface area contributed by atoms with Crippen LogP contribution in [-0.4, -0.2) is 31.0 Å². The third kappa shape index (κ3) is 4.90. The van der Waals surface area contributed by atoms with E-state index in [1.54, 1.807) is 12.0 Å². The van der Waals surface area contributed by atoms with Crippen LogP contribution in [0.25, 0.3) is 0 Å². The van der Waals surface area contributed by atoms with Crippen molar-refractivity contribution in [3.05, 3.63) is 29.8 Å². The van der Waals surface area contributed by atoms with Gasteiger partial charge in [-0.25, -0.2) is 0 Å². The van der Waals surface area contributed by atoms with Crippen LogP contribution in [-0.2, 0) is 11.3 Å². The predicted octanol–water partition coefficient (Wildman–Crippen LogP) is 2.59. The van der Waals surface area contributed by atoms with Crippen molar-refractivity contribution in [1.29, 1.82) is 0 Å². The van der Waals surface area contributed by atoms with Gasteiger partial charge in [-0.05, 0) is 37.0 Å². The van der Waals surface area contributed by atoms with Crippen molar-refractivity contribution in [3.8, 4) is 5.75 Å². The monoisotopic (exact) mass is 312 g/mol. The minimum atomic E-state index is 0. The van der Waals surface area contributed by atoms with Gasteiger partial charge in [-0.15, -0.1) is 12.4 Å². The van der Waals surface area contributed by atoms with Gasteiger partial charge in [0.1, 0.15) is 5.75 Å². The number of ether oxygens (including phenoxy) is 1. The van der Waals surface area contributed by atoms with Crippen LogP contribution in [0.5, 0.6) is 5.75 Å². The SMILES string of the molecule is COc1cccc(CN(C)C(=O)C2CCCC(N)C2)c1.Cl. The molecular formula is C16H25ClN2O2. The zero-order valence-corrected chi connectivity index (χ0v) is 13.6. The van der Waals surface area contributed by atoms with Crippen molar-refractivity contribution in [2.24, 2.45) is 11.7 Å². The van der Waals surface area contributed by atoms with E-state index in [-0.39, 0.29) is 30.3 Å². The van der Waals surface area contributed by atoms with Gasteiger partial charge < -0.3 is 15.4 Å². The second-order valence-electron chi connectivity index (χ2n) is 5.67. The van der Waals surface area contributed by atoms with Crippen LogP contribution >= 0.6 is 12.4 Å². The summed E-state index contributed by atoms with van der Waals surface area (Å²) in [5.41, 5.74) is 7.05. The van der Waals surface area contributed by atoms with Crippen LogP contribution < -0.4 is 10.5 Å². The molecule has 1 aliphatic rings. The maximum absolute atomic E-state index is 12.4. The lowest BCUT2D eigenvalue weighted by Crippen LogP contribution is -2.38. The molecular weight excluding hydrogens is 288 g/mol. The molecule has 1 fully saturated rings. The highest BCUT2D eigenvalue weighted by molar-refractivity contribution is 5.85. The van der Waals surface area contributed by atoms with Crippen LogP contribution in [0, 0.1) is 5.92 Å². The lowest BCUT2D eigenvalue weighted by Gasteiger charge is -2.29. The Morgan fingerprint density at radius 1 is 1.43 bits per heavy atom. The lowest BCUT2D eigenvalue weighted by atomic mass is 9.85. The van der Waals surface area contributed by atoms with Gasteiger partial charge in [-0.2, -0.15) is 0 Å². The molecule has 1 aromatic rings. The average Bonchev–Trinajstić information content (AvgIpc) is 2.46. The molecule has 0 bridgehead atoms. The van der Waals surface area contributed by atoms with E-state index in [0.29, 0.717) is 6.54 Å². The van der Waals surface area contributed by atoms with Crippen LogP contribution in [0.3, 0.4) is 0 Å². The highest BCUT2D eigenvalue weighted by Gasteiger charge is 2.27. The Bertz CT molecular complexity index is 467. The molecule has 0 heterocycles. The predicted molar refractivity (Wildman–Crippen MR) is 86.6 cm³/mol. The number of carbonyl (C=O) groups is 1. The molecule has 2 unspecified atom stereocenters. The fourth-order valence-corrected chi connectivity index (χ4v) is 2.89. The first-order chi connectivity index (χ1) is 9.60. The van der Waals surface area contributed by atoms with E-state index < -0.39 is 0 Å². The van der Waals surface area contributed by atoms with Gasteiger partial charge in [0.2, 0.25) is 5.91 Å². The number of benzene rings is 1. The van der Waals surface area contributed by atoms with Gasteiger partial charge in [0.15, 0.2) is 0 Å². The van der Waals surface area contributed by atoms with Crippen LogP contribution in [0.4, 0.5) is 0 Å². The Hall–Kier alpha value is -1.26. The summed E-state index contributed by atoms with van der Waals surface area (Å²) in [5, 5.41) is 0. The van der Waals surface area contributed by atoms with E-state index >= 15 is 0 Å². The van der Waals surface area contributed by atoms with E-state index in [1.165, 1.54) is 0 Å². The number of halogens is 1. The molecule has 0 spiro atoms. The van der Waals surface area contributed by atoms with Gasteiger partial charge in [-0.1, -0.05) is 18.6 Å². The maximum Gasteiger partial charge on any atom is 0.225 e. The Labute approximate surface area is 133 Å². The molecule has 1 saturated carbocycles. The molecule has 4 nitrogen and oxygen atoms in total. The van der Waals surface area contributed by atoms with Crippen molar-refractivity contribution >= 4 is 18.3 Å². The standard InChI is InChI=1S/C16H24N2O2.ClH/c1-18(11-12-5-3-8-15(9-12)20-2)16(19)13-6-4-7-14(17)10-13;/h3,5,8-9,13-14H,4,6-7,10-11,17H2,1-2H3;1H. The number of hydrogen-bond donors (Lipinski definition) is 1. The number of hydrogen-bond acceptors (Lipinski definition) is 3. The average molecular weight is 313 g/mol. The highest BCUT2D eigenvalue weighted by atomic mass is 35.5. The third-order valence-electron chi connectivity index (χ3n) is 3.99. The molecule has 0 saturated heterocycles. The maximum atomic E-state index is 12.4. The zero-order chi connectivity index (χ0) is 14.5. The molecule has 0 radical (unpaired) electrons. The summed E-state index contributed by atoms with van der Waals surface area (Å²) in [6.45, 7) is 0.613. The van der Waals surface area contributed by atoms with E-state index in [2.05, 4.69) is 0 Å². The third-order valence-corrected chi connectivity index (χ3v) is 3.99. The molecule has 0 aromatic heterocycles. The molecule has 1 aliphatic carbocycles. The Balaban J connectivity index is 0.00000220. The zero-order valence-electron chi connectivity index (χ0n) is 12.7. The first kappa shape index (κ1) is 17.8. The molecule has 1 aromatic carbocycles. The van der Waals surface area contributed by atoms with Crippen LogP contribution in [0.2, 0.25) is 0 Å². The van der Waals surface area contributed by atoms with Crippen molar-refractivity contribution < 1.29 is 9.53 Å².